The normalized spacial score (nSPS) is 25.6. The molecule has 3 rings (SSSR count). The molecular weight excluding hydrogens is 232 g/mol. The average molecular weight is 258 g/mol. The molecule has 2 nitrogen and oxygen atoms in total. The zero-order valence-electron chi connectivity index (χ0n) is 12.5. The minimum atomic E-state index is 0.529. The van der Waals surface area contributed by atoms with Crippen LogP contribution >= 0.6 is 0 Å². The van der Waals surface area contributed by atoms with Gasteiger partial charge in [-0.3, -0.25) is 0 Å². The lowest BCUT2D eigenvalue weighted by molar-refractivity contribution is 0.280. The highest BCUT2D eigenvalue weighted by atomic mass is 15.1. The summed E-state index contributed by atoms with van der Waals surface area (Å²) in [5.41, 5.74) is 4.80. The lowest BCUT2D eigenvalue weighted by Crippen LogP contribution is -2.37. The van der Waals surface area contributed by atoms with Crippen molar-refractivity contribution in [2.75, 3.05) is 23.3 Å². The standard InChI is InChI=1S/C17H26N2/c1-13-4-5-14-12-15(6-7-16(14)18-13)19-10-8-17(2,3)9-11-19/h6-7,12-13,18H,4-5,8-11H2,1-3H3. The monoisotopic (exact) mass is 258 g/mol. The molecule has 0 amide bonds. The molecule has 19 heavy (non-hydrogen) atoms. The molecule has 1 N–H and O–H groups in total. The summed E-state index contributed by atoms with van der Waals surface area (Å²) in [6.07, 6.45) is 5.08. The summed E-state index contributed by atoms with van der Waals surface area (Å²) in [5.74, 6) is 0. The largest absolute Gasteiger partial charge is 0.382 e. The molecule has 1 aromatic rings. The van der Waals surface area contributed by atoms with Crippen molar-refractivity contribution in [1.29, 1.82) is 0 Å². The van der Waals surface area contributed by atoms with Crippen LogP contribution in [-0.4, -0.2) is 19.1 Å². The van der Waals surface area contributed by atoms with E-state index in [1.165, 1.54) is 55.7 Å². The van der Waals surface area contributed by atoms with E-state index >= 15 is 0 Å². The maximum Gasteiger partial charge on any atom is 0.0376 e. The summed E-state index contributed by atoms with van der Waals surface area (Å²) in [4.78, 5) is 2.56. The minimum absolute atomic E-state index is 0.529. The zero-order chi connectivity index (χ0) is 13.5. The topological polar surface area (TPSA) is 15.3 Å². The highest BCUT2D eigenvalue weighted by Gasteiger charge is 2.26. The van der Waals surface area contributed by atoms with Crippen molar-refractivity contribution >= 4 is 11.4 Å². The number of piperidine rings is 1. The molecule has 1 unspecified atom stereocenters. The number of fused-ring (bicyclic) bond motifs is 1. The van der Waals surface area contributed by atoms with Crippen molar-refractivity contribution < 1.29 is 0 Å². The Morgan fingerprint density at radius 3 is 2.68 bits per heavy atom. The van der Waals surface area contributed by atoms with Gasteiger partial charge in [0.2, 0.25) is 0 Å². The SMILES string of the molecule is CC1CCc2cc(N3CCC(C)(C)CC3)ccc2N1. The Morgan fingerprint density at radius 1 is 1.21 bits per heavy atom. The Labute approximate surface area is 117 Å². The fraction of sp³-hybridized carbons (Fsp3) is 0.647. The number of hydrogen-bond donors (Lipinski definition) is 1. The van der Waals surface area contributed by atoms with Crippen LogP contribution in [0.2, 0.25) is 0 Å². The molecule has 2 aliphatic heterocycles. The van der Waals surface area contributed by atoms with Crippen LogP contribution in [0.5, 0.6) is 0 Å². The van der Waals surface area contributed by atoms with Crippen LogP contribution in [-0.2, 0) is 6.42 Å². The first-order valence-electron chi connectivity index (χ1n) is 7.68. The molecule has 2 heterocycles. The Hall–Kier alpha value is -1.18. The van der Waals surface area contributed by atoms with E-state index in [0.717, 1.165) is 0 Å². The van der Waals surface area contributed by atoms with Crippen LogP contribution in [0.4, 0.5) is 11.4 Å². The summed E-state index contributed by atoms with van der Waals surface area (Å²) in [6, 6.07) is 7.60. The average Bonchev–Trinajstić information content (AvgIpc) is 2.38. The third kappa shape index (κ3) is 2.72. The van der Waals surface area contributed by atoms with Crippen LogP contribution in [0.15, 0.2) is 18.2 Å². The summed E-state index contributed by atoms with van der Waals surface area (Å²) < 4.78 is 0. The number of hydrogen-bond acceptors (Lipinski definition) is 2. The summed E-state index contributed by atoms with van der Waals surface area (Å²) in [7, 11) is 0. The van der Waals surface area contributed by atoms with Gasteiger partial charge in [-0.05, 0) is 61.8 Å². The van der Waals surface area contributed by atoms with E-state index in [0.29, 0.717) is 11.5 Å². The van der Waals surface area contributed by atoms with Crippen LogP contribution < -0.4 is 10.2 Å². The van der Waals surface area contributed by atoms with Gasteiger partial charge in [0, 0.05) is 30.5 Å². The van der Waals surface area contributed by atoms with Crippen molar-refractivity contribution in [3.63, 3.8) is 0 Å². The van der Waals surface area contributed by atoms with E-state index in [2.05, 4.69) is 49.2 Å². The molecule has 2 heteroatoms. The Bertz CT molecular complexity index is 454. The van der Waals surface area contributed by atoms with Gasteiger partial charge in [-0.15, -0.1) is 0 Å². The Balaban J connectivity index is 1.76. The van der Waals surface area contributed by atoms with E-state index in [1.54, 1.807) is 0 Å². The third-order valence-electron chi connectivity index (χ3n) is 4.82. The first kappa shape index (κ1) is 12.8. The maximum absolute atomic E-state index is 3.58. The minimum Gasteiger partial charge on any atom is -0.382 e. The van der Waals surface area contributed by atoms with Gasteiger partial charge >= 0.3 is 0 Å². The van der Waals surface area contributed by atoms with Crippen LogP contribution in [0.25, 0.3) is 0 Å². The van der Waals surface area contributed by atoms with Crippen molar-refractivity contribution in [2.24, 2.45) is 5.41 Å². The Morgan fingerprint density at radius 2 is 1.95 bits per heavy atom. The molecule has 0 spiro atoms. The molecule has 2 aliphatic rings. The van der Waals surface area contributed by atoms with Gasteiger partial charge in [0.25, 0.3) is 0 Å². The van der Waals surface area contributed by atoms with E-state index < -0.39 is 0 Å². The molecule has 1 fully saturated rings. The molecule has 0 radical (unpaired) electrons. The second-order valence-corrected chi connectivity index (χ2v) is 7.08. The number of aryl methyl sites for hydroxylation is 1. The van der Waals surface area contributed by atoms with E-state index in [9.17, 15) is 0 Å². The predicted octanol–water partition coefficient (Wildman–Crippen LogP) is 4.06. The highest BCUT2D eigenvalue weighted by Crippen LogP contribution is 2.34. The van der Waals surface area contributed by atoms with Gasteiger partial charge in [-0.2, -0.15) is 0 Å². The smallest absolute Gasteiger partial charge is 0.0376 e. The second-order valence-electron chi connectivity index (χ2n) is 7.08. The van der Waals surface area contributed by atoms with E-state index in [-0.39, 0.29) is 0 Å². The first-order valence-corrected chi connectivity index (χ1v) is 7.68. The number of benzene rings is 1. The molecule has 0 aliphatic carbocycles. The van der Waals surface area contributed by atoms with E-state index in [1.807, 2.05) is 0 Å². The van der Waals surface area contributed by atoms with Crippen LogP contribution in [0.1, 0.15) is 45.6 Å². The van der Waals surface area contributed by atoms with Crippen molar-refractivity contribution in [1.82, 2.24) is 0 Å². The summed E-state index contributed by atoms with van der Waals surface area (Å²) in [6.45, 7) is 9.46. The fourth-order valence-corrected chi connectivity index (χ4v) is 3.20. The van der Waals surface area contributed by atoms with Crippen LogP contribution in [0.3, 0.4) is 0 Å². The van der Waals surface area contributed by atoms with Gasteiger partial charge in [-0.1, -0.05) is 13.8 Å². The fourth-order valence-electron chi connectivity index (χ4n) is 3.20. The number of nitrogens with one attached hydrogen (secondary N) is 1. The van der Waals surface area contributed by atoms with Crippen molar-refractivity contribution in [3.05, 3.63) is 23.8 Å². The molecule has 1 aromatic carbocycles. The molecule has 1 saturated heterocycles. The van der Waals surface area contributed by atoms with Gasteiger partial charge in [0.05, 0.1) is 0 Å². The van der Waals surface area contributed by atoms with Gasteiger partial charge in [-0.25, -0.2) is 0 Å². The lowest BCUT2D eigenvalue weighted by Gasteiger charge is -2.38. The van der Waals surface area contributed by atoms with E-state index in [4.69, 9.17) is 0 Å². The quantitative estimate of drug-likeness (QED) is 0.817. The molecular formula is C17H26N2. The summed E-state index contributed by atoms with van der Waals surface area (Å²) >= 11 is 0. The van der Waals surface area contributed by atoms with Gasteiger partial charge in [0.15, 0.2) is 0 Å². The summed E-state index contributed by atoms with van der Waals surface area (Å²) in [5, 5.41) is 3.58. The zero-order valence-corrected chi connectivity index (χ0v) is 12.5. The predicted molar refractivity (Wildman–Crippen MR) is 83.1 cm³/mol. The molecule has 0 saturated carbocycles. The lowest BCUT2D eigenvalue weighted by atomic mass is 9.82. The van der Waals surface area contributed by atoms with Crippen molar-refractivity contribution in [2.45, 2.75) is 52.5 Å². The number of nitrogens with zero attached hydrogens (tertiary/aromatic N) is 1. The third-order valence-corrected chi connectivity index (χ3v) is 4.82. The number of rotatable bonds is 1. The Kier molecular flexibility index (Phi) is 3.20. The molecule has 0 aromatic heterocycles. The number of anilines is 2. The maximum atomic E-state index is 3.58. The molecule has 104 valence electrons. The first-order chi connectivity index (χ1) is 9.03. The van der Waals surface area contributed by atoms with Gasteiger partial charge < -0.3 is 10.2 Å². The van der Waals surface area contributed by atoms with Crippen molar-refractivity contribution in [3.8, 4) is 0 Å². The molecule has 0 bridgehead atoms. The van der Waals surface area contributed by atoms with Crippen LogP contribution in [0, 0.1) is 5.41 Å². The molecule has 1 atom stereocenters. The second kappa shape index (κ2) is 4.73. The highest BCUT2D eigenvalue weighted by molar-refractivity contribution is 5.62. The van der Waals surface area contributed by atoms with Gasteiger partial charge in [0.1, 0.15) is 0 Å².